The minimum Gasteiger partial charge on any atom is -0.481 e. The average Bonchev–Trinajstić information content (AvgIpc) is 1.61. The van der Waals surface area contributed by atoms with Crippen LogP contribution in [0.5, 0.6) is 0 Å². The van der Waals surface area contributed by atoms with Gasteiger partial charge in [-0.15, -0.1) is 0 Å². The summed E-state index contributed by atoms with van der Waals surface area (Å²) in [5.74, 6) is -4.58. The molecule has 2 unspecified atom stereocenters. The Morgan fingerprint density at radius 3 is 1.41 bits per heavy atom. The number of fused-ring (bicyclic) bond motifs is 4. The number of carbonyl (C=O) groups is 12. The number of aliphatic hydroxyl groups is 2. The number of rotatable bonds is 32. The summed E-state index contributed by atoms with van der Waals surface area (Å²) in [6.45, 7) is 8.66. The van der Waals surface area contributed by atoms with E-state index in [1.807, 2.05) is 12.1 Å². The first-order chi connectivity index (χ1) is 53.7. The lowest BCUT2D eigenvalue weighted by atomic mass is 9.99. The van der Waals surface area contributed by atoms with Crippen LogP contribution in [-0.2, 0) is 64.2 Å². The number of ketones is 2. The number of β-amino-alcohol motifs (C(OH)–C–C–N with tert-alkyl or cyclic N) is 2. The van der Waals surface area contributed by atoms with Crippen molar-refractivity contribution in [3.05, 3.63) is 166 Å². The van der Waals surface area contributed by atoms with E-state index in [9.17, 15) is 67.7 Å². The van der Waals surface area contributed by atoms with E-state index in [0.29, 0.717) is 86.9 Å². The second kappa shape index (κ2) is 37.5. The monoisotopic (exact) mass is 1520 g/mol. The molecule has 0 spiro atoms. The van der Waals surface area contributed by atoms with Crippen molar-refractivity contribution in [2.75, 3.05) is 113 Å². The van der Waals surface area contributed by atoms with E-state index in [-0.39, 0.29) is 129 Å². The Balaban J connectivity index is 0.000000171. The molecule has 0 saturated carbocycles. The van der Waals surface area contributed by atoms with Crippen molar-refractivity contribution in [1.29, 1.82) is 0 Å². The maximum Gasteiger partial charge on any atom is 0.305 e. The number of hydrogen-bond acceptors (Lipinski definition) is 27. The topological polar surface area (TPSA) is 436 Å². The molecular weight excluding hydrogens is 1430 g/mol. The number of likely N-dealkylation sites (tertiary alicyclic amines) is 1. The largest absolute Gasteiger partial charge is 0.481 e. The molecule has 9 amide bonds. The molecule has 111 heavy (non-hydrogen) atoms. The first kappa shape index (κ1) is 79.4. The third-order valence-corrected chi connectivity index (χ3v) is 20.4. The van der Waals surface area contributed by atoms with E-state index in [0.717, 1.165) is 61.9 Å². The Kier molecular flexibility index (Phi) is 26.8. The maximum absolute atomic E-state index is 13.2. The van der Waals surface area contributed by atoms with Crippen LogP contribution >= 0.6 is 0 Å². The van der Waals surface area contributed by atoms with Gasteiger partial charge in [0.05, 0.1) is 85.8 Å². The van der Waals surface area contributed by atoms with Crippen LogP contribution in [0.4, 0.5) is 23.0 Å². The number of hydrogen-bond donors (Lipinski definition) is 10. The lowest BCUT2D eigenvalue weighted by molar-refractivity contribution is -0.138. The van der Waals surface area contributed by atoms with Crippen molar-refractivity contribution in [2.45, 2.75) is 127 Å². The van der Waals surface area contributed by atoms with Crippen molar-refractivity contribution >= 4 is 93.7 Å². The van der Waals surface area contributed by atoms with Gasteiger partial charge in [-0.1, -0.05) is 60.7 Å². The molecule has 2 aromatic heterocycles. The molecule has 584 valence electrons. The molecule has 8 aliphatic heterocycles. The molecule has 8 aliphatic rings. The Morgan fingerprint density at radius 1 is 0.514 bits per heavy atom. The zero-order valence-corrected chi connectivity index (χ0v) is 61.2. The van der Waals surface area contributed by atoms with Crippen molar-refractivity contribution in [2.24, 2.45) is 0 Å². The second-order valence-corrected chi connectivity index (χ2v) is 28.3. The molecule has 0 aliphatic carbocycles. The summed E-state index contributed by atoms with van der Waals surface area (Å²) >= 11 is 0. The number of piperidine rings is 2. The smallest absolute Gasteiger partial charge is 0.305 e. The first-order valence-electron chi connectivity index (χ1n) is 37.4. The van der Waals surface area contributed by atoms with Gasteiger partial charge in [0.2, 0.25) is 29.5 Å². The molecule has 0 radical (unpaired) electrons. The van der Waals surface area contributed by atoms with Gasteiger partial charge in [0.1, 0.15) is 47.8 Å². The first-order valence-corrected chi connectivity index (χ1v) is 37.4. The quantitative estimate of drug-likeness (QED) is 0.0165. The summed E-state index contributed by atoms with van der Waals surface area (Å²) < 4.78 is 10.8. The summed E-state index contributed by atoms with van der Waals surface area (Å²) in [5.41, 5.74) is 7.61. The van der Waals surface area contributed by atoms with Crippen LogP contribution in [0, 0.1) is 0 Å². The van der Waals surface area contributed by atoms with E-state index in [1.54, 1.807) is 41.3 Å². The van der Waals surface area contributed by atoms with E-state index in [1.165, 1.54) is 47.0 Å². The molecule has 0 bridgehead atoms. The van der Waals surface area contributed by atoms with Gasteiger partial charge in [-0.25, -0.2) is 19.9 Å². The third kappa shape index (κ3) is 20.4. The highest BCUT2D eigenvalue weighted by Gasteiger charge is 2.47. The lowest BCUT2D eigenvalue weighted by Crippen LogP contribution is -2.57. The van der Waals surface area contributed by atoms with Crippen LogP contribution in [0.3, 0.4) is 0 Å². The van der Waals surface area contributed by atoms with Gasteiger partial charge in [0, 0.05) is 128 Å². The molecule has 4 atom stereocenters. The Labute approximate surface area is 639 Å². The summed E-state index contributed by atoms with van der Waals surface area (Å²) in [6.07, 6.45) is 5.17. The number of carboxylic acids is 1. The fourth-order valence-electron chi connectivity index (χ4n) is 14.3. The number of carboxylic acid groups (broad SMARTS) is 1. The van der Waals surface area contributed by atoms with Gasteiger partial charge in [0.25, 0.3) is 23.6 Å². The molecule has 14 rings (SSSR count). The van der Waals surface area contributed by atoms with Crippen molar-refractivity contribution in [1.82, 2.24) is 60.4 Å². The summed E-state index contributed by atoms with van der Waals surface area (Å²) in [5, 5.41) is 49.8. The number of aromatic nitrogens is 4. The average molecular weight is 1520 g/mol. The Hall–Kier alpha value is -11.2. The highest BCUT2D eigenvalue weighted by atomic mass is 16.5. The minimum atomic E-state index is -1.04. The molecule has 10 N–H and O–H groups in total. The van der Waals surface area contributed by atoms with E-state index in [4.69, 9.17) is 14.6 Å². The zero-order valence-electron chi connectivity index (χ0n) is 61.2. The number of benzene rings is 4. The fourth-order valence-corrected chi connectivity index (χ4v) is 14.3. The number of nitrogens with zero attached hydrogens (tertiary/aromatic N) is 9. The number of aliphatic hydroxyl groups excluding tert-OH is 2. The molecule has 33 nitrogen and oxygen atoms in total. The second-order valence-electron chi connectivity index (χ2n) is 28.3. The highest BCUT2D eigenvalue weighted by Crippen LogP contribution is 2.35. The van der Waals surface area contributed by atoms with Gasteiger partial charge >= 0.3 is 5.97 Å². The third-order valence-electron chi connectivity index (χ3n) is 20.4. The summed E-state index contributed by atoms with van der Waals surface area (Å²) in [6, 6.07) is 28.0. The van der Waals surface area contributed by atoms with E-state index < -0.39 is 77.5 Å². The predicted molar refractivity (Wildman–Crippen MR) is 400 cm³/mol. The van der Waals surface area contributed by atoms with Crippen LogP contribution < -0.4 is 37.2 Å². The van der Waals surface area contributed by atoms with Gasteiger partial charge in [-0.05, 0) is 85.0 Å². The molecule has 10 heterocycles. The maximum atomic E-state index is 13.2. The number of ether oxygens (including phenoxy) is 2. The Bertz CT molecular complexity index is 4500. The number of Topliss-reactive ketones (excluding diaryl/α,β-unsaturated/α-hetero) is 2. The van der Waals surface area contributed by atoms with Gasteiger partial charge in [0.15, 0.2) is 11.6 Å². The summed E-state index contributed by atoms with van der Waals surface area (Å²) in [7, 11) is 0. The zero-order chi connectivity index (χ0) is 78.1. The van der Waals surface area contributed by atoms with E-state index in [2.05, 4.69) is 103 Å². The molecule has 4 saturated heterocycles. The van der Waals surface area contributed by atoms with Crippen molar-refractivity contribution < 1.29 is 82.3 Å². The summed E-state index contributed by atoms with van der Waals surface area (Å²) in [4.78, 5) is 172. The number of imide groups is 4. The minimum absolute atomic E-state index is 0.0310. The van der Waals surface area contributed by atoms with Crippen LogP contribution in [0.25, 0.3) is 0 Å². The van der Waals surface area contributed by atoms with Crippen molar-refractivity contribution in [3.8, 4) is 0 Å². The van der Waals surface area contributed by atoms with Crippen molar-refractivity contribution in [3.63, 3.8) is 0 Å². The SMILES string of the molecule is O=C(CC[C@H](O)CN1CCc2ccccc2C1)c1cc(NC2CNC2)ncn1.O=C(O)CCOCCNc1cccc2c1C(=O)N(C1CCC(=O)NC1=O)C2=O.O=C1CCC(N2C(=O)c3cccc(NCCOCCC(=O)N4CC(Nc5cc(C(=O)CC[C@H](O)CN6CCc7ccccc7C6)ncn5)C4)c3C2=O)C(=O)N1. The standard InChI is InChI=1S/C39H44N8O8.C21H27N5O2.C18H19N3O7/c48-27(22-45-15-12-24-4-1-2-5-25(24)19-45)8-10-32(49)30-18-33(42-23-41-30)43-26-20-46(21-26)35(51)13-16-55-17-14-40-29-7-3-6-28-36(29)39(54)47(38(28)53)31-9-11-34(50)44-37(31)52;27-18(13-26-8-7-15-3-1-2-4-16(15)12-26)5-6-20(28)19-9-21(24-14-23-19)25-17-10-22-11-17;22-13-5-4-12(16(25)20-13)21-17(26)10-2-1-3-11(15(10)18(21)27)19-7-9-28-8-6-14(23)24/h1-7,18,23,26-27,31,40,48H,8-17,19-22H2,(H,41,42,43)(H,44,50,52);1-4,9,14,17-18,22,27H,5-8,10-13H2,(H,23,24,25);1-3,12,19H,4-9H2,(H,23,24)(H,20,22,25)/t27-,31?;18-;/m00./s1. The van der Waals surface area contributed by atoms with Gasteiger partial charge in [-0.3, -0.25) is 87.8 Å². The fraction of sp³-hybridized carbons (Fsp3) is 0.436. The molecular formula is C78H90N16O17. The number of anilines is 4. The van der Waals surface area contributed by atoms with Crippen LogP contribution in [0.1, 0.15) is 149 Å². The normalized spacial score (nSPS) is 18.8. The predicted octanol–water partition coefficient (Wildman–Crippen LogP) is 2.63. The molecule has 4 aromatic carbocycles. The highest BCUT2D eigenvalue weighted by molar-refractivity contribution is 6.26. The lowest BCUT2D eigenvalue weighted by Gasteiger charge is -2.39. The van der Waals surface area contributed by atoms with E-state index >= 15 is 0 Å². The molecule has 4 fully saturated rings. The number of aliphatic carboxylic acids is 1. The van der Waals surface area contributed by atoms with Crippen LogP contribution in [-0.4, -0.2) is 259 Å². The van der Waals surface area contributed by atoms with Crippen LogP contribution in [0.2, 0.25) is 0 Å². The molecule has 33 heteroatoms. The number of carbonyl (C=O) groups excluding carboxylic acids is 11. The van der Waals surface area contributed by atoms with Crippen LogP contribution in [0.15, 0.2) is 110 Å². The Morgan fingerprint density at radius 2 is 0.964 bits per heavy atom. The van der Waals surface area contributed by atoms with Gasteiger partial charge in [-0.2, -0.15) is 0 Å². The molecule has 6 aromatic rings. The number of nitrogens with one attached hydrogen (secondary N) is 7. The van der Waals surface area contributed by atoms with Gasteiger partial charge < -0.3 is 56.3 Å². The number of amides is 9.